The third kappa shape index (κ3) is 2.55. The van der Waals surface area contributed by atoms with Gasteiger partial charge in [-0.3, -0.25) is 4.79 Å². The first kappa shape index (κ1) is 12.7. The van der Waals surface area contributed by atoms with Gasteiger partial charge in [0.1, 0.15) is 12.4 Å². The highest BCUT2D eigenvalue weighted by Gasteiger charge is 2.20. The Labute approximate surface area is 108 Å². The van der Waals surface area contributed by atoms with Gasteiger partial charge in [0.25, 0.3) is 0 Å². The van der Waals surface area contributed by atoms with E-state index in [-0.39, 0.29) is 11.3 Å². The van der Waals surface area contributed by atoms with E-state index in [4.69, 9.17) is 4.74 Å². The van der Waals surface area contributed by atoms with Gasteiger partial charge in [-0.2, -0.15) is 0 Å². The highest BCUT2D eigenvalue weighted by molar-refractivity contribution is 5.87. The molecule has 0 fully saturated rings. The van der Waals surface area contributed by atoms with Crippen molar-refractivity contribution in [3.8, 4) is 5.75 Å². The van der Waals surface area contributed by atoms with Crippen LogP contribution in [0.3, 0.4) is 0 Å². The molecule has 1 aromatic rings. The summed E-state index contributed by atoms with van der Waals surface area (Å²) in [6, 6.07) is 6.15. The van der Waals surface area contributed by atoms with E-state index in [9.17, 15) is 4.79 Å². The van der Waals surface area contributed by atoms with Crippen molar-refractivity contribution >= 4 is 11.6 Å². The summed E-state index contributed by atoms with van der Waals surface area (Å²) in [7, 11) is 0. The first-order valence-electron chi connectivity index (χ1n) is 6.13. The summed E-state index contributed by atoms with van der Waals surface area (Å²) >= 11 is 0. The standard InChI is InChI=1S/C15H19NO2/c1-10(17)16-13-7-8-18-14-6-5-11(9-12(13)14)15(2,3)4/h5-7,9H,8H2,1-4H3,(H,16,17). The Bertz CT molecular complexity index is 510. The zero-order chi connectivity index (χ0) is 13.3. The molecule has 0 unspecified atom stereocenters. The van der Waals surface area contributed by atoms with E-state index in [1.54, 1.807) is 0 Å². The maximum atomic E-state index is 11.2. The molecule has 0 aliphatic carbocycles. The van der Waals surface area contributed by atoms with E-state index in [1.807, 2.05) is 12.1 Å². The van der Waals surface area contributed by atoms with E-state index < -0.39 is 0 Å². The van der Waals surface area contributed by atoms with Gasteiger partial charge in [-0.15, -0.1) is 0 Å². The Morgan fingerprint density at radius 3 is 2.67 bits per heavy atom. The van der Waals surface area contributed by atoms with Gasteiger partial charge in [0.15, 0.2) is 0 Å². The van der Waals surface area contributed by atoms with Crippen molar-refractivity contribution < 1.29 is 9.53 Å². The van der Waals surface area contributed by atoms with Gasteiger partial charge in [0, 0.05) is 12.5 Å². The number of carbonyl (C=O) groups is 1. The summed E-state index contributed by atoms with van der Waals surface area (Å²) in [6.45, 7) is 8.52. The van der Waals surface area contributed by atoms with Crippen molar-refractivity contribution in [1.29, 1.82) is 0 Å². The third-order valence-electron chi connectivity index (χ3n) is 2.97. The average Bonchev–Trinajstić information content (AvgIpc) is 2.27. The Kier molecular flexibility index (Phi) is 3.16. The summed E-state index contributed by atoms with van der Waals surface area (Å²) in [5.74, 6) is 0.768. The predicted octanol–water partition coefficient (Wildman–Crippen LogP) is 2.85. The lowest BCUT2D eigenvalue weighted by molar-refractivity contribution is -0.117. The molecule has 3 heteroatoms. The second-order valence-electron chi connectivity index (χ2n) is 5.57. The van der Waals surface area contributed by atoms with Crippen molar-refractivity contribution in [2.75, 3.05) is 6.61 Å². The number of nitrogens with one attached hydrogen (secondary N) is 1. The zero-order valence-electron chi connectivity index (χ0n) is 11.3. The molecular weight excluding hydrogens is 226 g/mol. The van der Waals surface area contributed by atoms with Crippen LogP contribution in [0.15, 0.2) is 24.3 Å². The summed E-state index contributed by atoms with van der Waals surface area (Å²) in [4.78, 5) is 11.2. The van der Waals surface area contributed by atoms with Crippen LogP contribution in [0.1, 0.15) is 38.8 Å². The van der Waals surface area contributed by atoms with E-state index in [0.29, 0.717) is 6.61 Å². The number of hydrogen-bond donors (Lipinski definition) is 1. The molecule has 96 valence electrons. The van der Waals surface area contributed by atoms with Crippen molar-refractivity contribution in [3.05, 3.63) is 35.4 Å². The van der Waals surface area contributed by atoms with E-state index in [0.717, 1.165) is 17.0 Å². The monoisotopic (exact) mass is 245 g/mol. The molecule has 1 heterocycles. The highest BCUT2D eigenvalue weighted by atomic mass is 16.5. The van der Waals surface area contributed by atoms with Gasteiger partial charge in [-0.25, -0.2) is 0 Å². The Morgan fingerprint density at radius 2 is 2.06 bits per heavy atom. The van der Waals surface area contributed by atoms with Crippen LogP contribution in [0.4, 0.5) is 0 Å². The van der Waals surface area contributed by atoms with Crippen LogP contribution in [0.5, 0.6) is 5.75 Å². The van der Waals surface area contributed by atoms with Crippen LogP contribution in [0.2, 0.25) is 0 Å². The molecule has 0 spiro atoms. The molecule has 0 saturated carbocycles. The first-order chi connectivity index (χ1) is 8.38. The summed E-state index contributed by atoms with van der Waals surface area (Å²) in [6.07, 6.45) is 1.90. The quantitative estimate of drug-likeness (QED) is 0.826. The summed E-state index contributed by atoms with van der Waals surface area (Å²) < 4.78 is 5.58. The van der Waals surface area contributed by atoms with Gasteiger partial charge >= 0.3 is 0 Å². The highest BCUT2D eigenvalue weighted by Crippen LogP contribution is 2.33. The van der Waals surface area contributed by atoms with Crippen molar-refractivity contribution in [3.63, 3.8) is 0 Å². The number of ether oxygens (including phenoxy) is 1. The molecule has 0 aromatic heterocycles. The lowest BCUT2D eigenvalue weighted by Gasteiger charge is -2.24. The molecule has 1 amide bonds. The minimum atomic E-state index is -0.0599. The fraction of sp³-hybridized carbons (Fsp3) is 0.400. The molecule has 1 aliphatic heterocycles. The van der Waals surface area contributed by atoms with Crippen LogP contribution < -0.4 is 10.1 Å². The van der Waals surface area contributed by atoms with Crippen molar-refractivity contribution in [1.82, 2.24) is 5.32 Å². The van der Waals surface area contributed by atoms with Gasteiger partial charge in [-0.05, 0) is 29.2 Å². The van der Waals surface area contributed by atoms with E-state index in [1.165, 1.54) is 12.5 Å². The minimum absolute atomic E-state index is 0.0599. The smallest absolute Gasteiger partial charge is 0.221 e. The number of amides is 1. The second kappa shape index (κ2) is 4.48. The Morgan fingerprint density at radius 1 is 1.33 bits per heavy atom. The molecule has 1 N–H and O–H groups in total. The summed E-state index contributed by atoms with van der Waals surface area (Å²) in [5, 5.41) is 2.86. The van der Waals surface area contributed by atoms with Crippen molar-refractivity contribution in [2.24, 2.45) is 0 Å². The molecule has 1 aliphatic rings. The number of rotatable bonds is 1. The SMILES string of the molecule is CC(=O)NC1=CCOc2ccc(C(C)(C)C)cc21. The predicted molar refractivity (Wildman–Crippen MR) is 72.4 cm³/mol. The lowest BCUT2D eigenvalue weighted by atomic mass is 9.85. The van der Waals surface area contributed by atoms with Gasteiger partial charge < -0.3 is 10.1 Å². The molecule has 0 bridgehead atoms. The normalized spacial score (nSPS) is 14.3. The second-order valence-corrected chi connectivity index (χ2v) is 5.57. The topological polar surface area (TPSA) is 38.3 Å². The molecule has 0 saturated heterocycles. The van der Waals surface area contributed by atoms with E-state index >= 15 is 0 Å². The minimum Gasteiger partial charge on any atom is -0.489 e. The van der Waals surface area contributed by atoms with Crippen LogP contribution in [-0.2, 0) is 10.2 Å². The first-order valence-corrected chi connectivity index (χ1v) is 6.13. The lowest BCUT2D eigenvalue weighted by Crippen LogP contribution is -2.22. The maximum Gasteiger partial charge on any atom is 0.221 e. The van der Waals surface area contributed by atoms with E-state index in [2.05, 4.69) is 38.2 Å². The number of fused-ring (bicyclic) bond motifs is 1. The fourth-order valence-corrected chi connectivity index (χ4v) is 1.97. The molecule has 3 nitrogen and oxygen atoms in total. The van der Waals surface area contributed by atoms with Crippen LogP contribution in [-0.4, -0.2) is 12.5 Å². The zero-order valence-corrected chi connectivity index (χ0v) is 11.3. The maximum absolute atomic E-state index is 11.2. The van der Waals surface area contributed by atoms with Crippen LogP contribution >= 0.6 is 0 Å². The van der Waals surface area contributed by atoms with Crippen LogP contribution in [0, 0.1) is 0 Å². The summed E-state index contributed by atoms with van der Waals surface area (Å²) in [5.41, 5.74) is 3.11. The molecule has 0 radical (unpaired) electrons. The Hall–Kier alpha value is -1.77. The molecule has 1 aromatic carbocycles. The molecular formula is C15H19NO2. The van der Waals surface area contributed by atoms with Gasteiger partial charge in [0.2, 0.25) is 5.91 Å². The fourth-order valence-electron chi connectivity index (χ4n) is 1.97. The molecule has 18 heavy (non-hydrogen) atoms. The number of hydrogen-bond acceptors (Lipinski definition) is 2. The number of benzene rings is 1. The third-order valence-corrected chi connectivity index (χ3v) is 2.97. The molecule has 0 atom stereocenters. The van der Waals surface area contributed by atoms with Crippen molar-refractivity contribution in [2.45, 2.75) is 33.1 Å². The van der Waals surface area contributed by atoms with Crippen LogP contribution in [0.25, 0.3) is 5.70 Å². The van der Waals surface area contributed by atoms with Gasteiger partial charge in [0.05, 0.1) is 5.70 Å². The molecule has 2 rings (SSSR count). The largest absolute Gasteiger partial charge is 0.489 e. The Balaban J connectivity index is 2.44. The average molecular weight is 245 g/mol. The number of carbonyl (C=O) groups excluding carboxylic acids is 1. The van der Waals surface area contributed by atoms with Gasteiger partial charge in [-0.1, -0.05) is 26.8 Å².